The summed E-state index contributed by atoms with van der Waals surface area (Å²) >= 11 is 0. The number of nitrogens with one attached hydrogen (secondary N) is 2. The smallest absolute Gasteiger partial charge is 0.267 e. The maximum atomic E-state index is 11.7. The van der Waals surface area contributed by atoms with E-state index in [2.05, 4.69) is 15.8 Å². The average Bonchev–Trinajstić information content (AvgIpc) is 2.41. The van der Waals surface area contributed by atoms with Gasteiger partial charge < -0.3 is 10.2 Å². The normalized spacial score (nSPS) is 19.8. The summed E-state index contributed by atoms with van der Waals surface area (Å²) in [5.74, 6) is -0.289. The number of nitrogens with zero attached hydrogens (tertiary/aromatic N) is 2. The minimum atomic E-state index is -0.274. The Kier molecular flexibility index (Phi) is 4.48. The highest BCUT2D eigenvalue weighted by atomic mass is 16.2. The second kappa shape index (κ2) is 6.31. The Morgan fingerprint density at radius 3 is 2.79 bits per heavy atom. The number of hydrazone groups is 1. The van der Waals surface area contributed by atoms with Crippen molar-refractivity contribution in [2.24, 2.45) is 5.10 Å². The van der Waals surface area contributed by atoms with E-state index in [0.717, 1.165) is 19.4 Å². The molecule has 3 amide bonds. The van der Waals surface area contributed by atoms with E-state index in [1.54, 1.807) is 4.90 Å². The average molecular weight is 266 g/mol. The summed E-state index contributed by atoms with van der Waals surface area (Å²) < 4.78 is 0. The first-order valence-electron chi connectivity index (χ1n) is 6.58. The van der Waals surface area contributed by atoms with Crippen LogP contribution in [0.1, 0.15) is 32.1 Å². The molecule has 0 saturated carbocycles. The molecular formula is C12H18N4O3. The maximum Gasteiger partial charge on any atom is 0.267 e. The fourth-order valence-corrected chi connectivity index (χ4v) is 2.14. The van der Waals surface area contributed by atoms with Gasteiger partial charge in [0, 0.05) is 38.9 Å². The van der Waals surface area contributed by atoms with Crippen LogP contribution in [0.3, 0.4) is 0 Å². The van der Waals surface area contributed by atoms with Crippen LogP contribution in [0.25, 0.3) is 0 Å². The van der Waals surface area contributed by atoms with Gasteiger partial charge in [-0.1, -0.05) is 0 Å². The van der Waals surface area contributed by atoms with Crippen LogP contribution in [0.15, 0.2) is 5.10 Å². The van der Waals surface area contributed by atoms with E-state index in [9.17, 15) is 14.4 Å². The predicted octanol–water partition coefficient (Wildman–Crippen LogP) is -0.619. The van der Waals surface area contributed by atoms with Gasteiger partial charge in [-0.2, -0.15) is 5.10 Å². The van der Waals surface area contributed by atoms with Crippen LogP contribution in [0.2, 0.25) is 0 Å². The molecule has 2 rings (SSSR count). The Bertz CT molecular complexity index is 419. The molecule has 0 radical (unpaired) electrons. The molecule has 104 valence electrons. The van der Waals surface area contributed by atoms with Crippen molar-refractivity contribution < 1.29 is 14.4 Å². The van der Waals surface area contributed by atoms with E-state index in [-0.39, 0.29) is 24.1 Å². The Morgan fingerprint density at radius 2 is 2.11 bits per heavy atom. The van der Waals surface area contributed by atoms with Crippen LogP contribution in [0.5, 0.6) is 0 Å². The van der Waals surface area contributed by atoms with E-state index in [1.165, 1.54) is 0 Å². The number of piperidine rings is 1. The zero-order valence-corrected chi connectivity index (χ0v) is 10.8. The van der Waals surface area contributed by atoms with Crippen molar-refractivity contribution in [1.29, 1.82) is 0 Å². The second-order valence-electron chi connectivity index (χ2n) is 4.69. The van der Waals surface area contributed by atoms with E-state index < -0.39 is 0 Å². The van der Waals surface area contributed by atoms with Crippen LogP contribution in [-0.4, -0.2) is 48.0 Å². The molecule has 2 N–H and O–H groups in total. The van der Waals surface area contributed by atoms with Gasteiger partial charge in [0.25, 0.3) is 5.91 Å². The summed E-state index contributed by atoms with van der Waals surface area (Å²) in [6.07, 6.45) is 3.24. The monoisotopic (exact) mass is 266 g/mol. The molecule has 2 heterocycles. The van der Waals surface area contributed by atoms with E-state index in [4.69, 9.17) is 0 Å². The summed E-state index contributed by atoms with van der Waals surface area (Å²) in [7, 11) is 0. The third-order valence-corrected chi connectivity index (χ3v) is 3.26. The van der Waals surface area contributed by atoms with Gasteiger partial charge in [0.15, 0.2) is 0 Å². The zero-order chi connectivity index (χ0) is 13.7. The number of likely N-dealkylation sites (tertiary alicyclic amines) is 1. The van der Waals surface area contributed by atoms with Crippen LogP contribution in [0, 0.1) is 0 Å². The largest absolute Gasteiger partial charge is 0.349 e. The molecule has 0 atom stereocenters. The first kappa shape index (κ1) is 13.5. The fraction of sp³-hybridized carbons (Fsp3) is 0.667. The lowest BCUT2D eigenvalue weighted by atomic mass is 10.1. The van der Waals surface area contributed by atoms with E-state index >= 15 is 0 Å². The molecule has 2 aliphatic heterocycles. The van der Waals surface area contributed by atoms with Crippen LogP contribution in [-0.2, 0) is 14.4 Å². The van der Waals surface area contributed by atoms with Gasteiger partial charge in [-0.3, -0.25) is 14.4 Å². The Morgan fingerprint density at radius 1 is 1.26 bits per heavy atom. The number of carbonyl (C=O) groups is 3. The summed E-state index contributed by atoms with van der Waals surface area (Å²) in [5, 5.41) is 6.44. The van der Waals surface area contributed by atoms with Crippen LogP contribution < -0.4 is 10.7 Å². The topological polar surface area (TPSA) is 90.9 Å². The minimum Gasteiger partial charge on any atom is -0.349 e. The number of hydrogen-bond acceptors (Lipinski definition) is 4. The number of amides is 3. The van der Waals surface area contributed by atoms with Gasteiger partial charge in [-0.15, -0.1) is 0 Å². The summed E-state index contributed by atoms with van der Waals surface area (Å²) in [5.41, 5.74) is 2.62. The molecule has 1 saturated heterocycles. The van der Waals surface area contributed by atoms with Crippen molar-refractivity contribution in [1.82, 2.24) is 15.6 Å². The molecule has 0 aromatic rings. The summed E-state index contributed by atoms with van der Waals surface area (Å²) in [4.78, 5) is 35.9. The minimum absolute atomic E-state index is 0.155. The highest BCUT2D eigenvalue weighted by Crippen LogP contribution is 2.09. The Labute approximate surface area is 111 Å². The molecule has 0 aliphatic carbocycles. The maximum absolute atomic E-state index is 11.7. The molecule has 0 unspecified atom stereocenters. The lowest BCUT2D eigenvalue weighted by Crippen LogP contribution is -2.43. The second-order valence-corrected chi connectivity index (χ2v) is 4.69. The van der Waals surface area contributed by atoms with Crippen molar-refractivity contribution >= 4 is 23.4 Å². The van der Waals surface area contributed by atoms with Crippen LogP contribution >= 0.6 is 0 Å². The van der Waals surface area contributed by atoms with Gasteiger partial charge in [0.05, 0.1) is 0 Å². The molecule has 0 bridgehead atoms. The number of carbonyl (C=O) groups excluding carboxylic acids is 3. The van der Waals surface area contributed by atoms with Crippen molar-refractivity contribution in [3.05, 3.63) is 0 Å². The highest BCUT2D eigenvalue weighted by molar-refractivity contribution is 6.39. The van der Waals surface area contributed by atoms with Crippen molar-refractivity contribution in [3.8, 4) is 0 Å². The molecule has 0 aromatic carbocycles. The van der Waals surface area contributed by atoms with Gasteiger partial charge >= 0.3 is 0 Å². The van der Waals surface area contributed by atoms with E-state index in [0.29, 0.717) is 31.6 Å². The molecule has 0 aromatic heterocycles. The SMILES string of the molecule is O=C1CCC(C(=O)NCCN2CCCCC2=O)=NN1. The van der Waals surface area contributed by atoms with Crippen LogP contribution in [0.4, 0.5) is 0 Å². The van der Waals surface area contributed by atoms with E-state index in [1.807, 2.05) is 0 Å². The third kappa shape index (κ3) is 3.77. The molecule has 0 spiro atoms. The molecule has 1 fully saturated rings. The lowest BCUT2D eigenvalue weighted by molar-refractivity contribution is -0.133. The molecule has 7 heteroatoms. The molecule has 7 nitrogen and oxygen atoms in total. The lowest BCUT2D eigenvalue weighted by Gasteiger charge is -2.26. The summed E-state index contributed by atoms with van der Waals surface area (Å²) in [6.45, 7) is 1.72. The van der Waals surface area contributed by atoms with Crippen molar-refractivity contribution in [2.45, 2.75) is 32.1 Å². The van der Waals surface area contributed by atoms with Gasteiger partial charge in [0.1, 0.15) is 5.71 Å². The standard InChI is InChI=1S/C12H18N4O3/c17-10-5-4-9(14-15-10)12(19)13-6-8-16-7-2-1-3-11(16)18/h1-8H2,(H,13,19)(H,15,17). The summed E-state index contributed by atoms with van der Waals surface area (Å²) in [6, 6.07) is 0. The number of hydrogen-bond donors (Lipinski definition) is 2. The first-order chi connectivity index (χ1) is 9.16. The van der Waals surface area contributed by atoms with Gasteiger partial charge in [-0.25, -0.2) is 5.43 Å². The van der Waals surface area contributed by atoms with Gasteiger partial charge in [0.2, 0.25) is 11.8 Å². The molecule has 2 aliphatic rings. The molecular weight excluding hydrogens is 248 g/mol. The number of rotatable bonds is 4. The van der Waals surface area contributed by atoms with Gasteiger partial charge in [-0.05, 0) is 12.8 Å². The van der Waals surface area contributed by atoms with Crippen molar-refractivity contribution in [2.75, 3.05) is 19.6 Å². The first-order valence-corrected chi connectivity index (χ1v) is 6.58. The Balaban J connectivity index is 1.72. The highest BCUT2D eigenvalue weighted by Gasteiger charge is 2.20. The third-order valence-electron chi connectivity index (χ3n) is 3.26. The fourth-order valence-electron chi connectivity index (χ4n) is 2.14. The van der Waals surface area contributed by atoms with Crippen molar-refractivity contribution in [3.63, 3.8) is 0 Å². The zero-order valence-electron chi connectivity index (χ0n) is 10.8. The molecule has 19 heavy (non-hydrogen) atoms. The quantitative estimate of drug-likeness (QED) is 0.710. The Hall–Kier alpha value is -1.92. The predicted molar refractivity (Wildman–Crippen MR) is 68.3 cm³/mol.